The third-order valence-corrected chi connectivity index (χ3v) is 0.908. The van der Waals surface area contributed by atoms with Crippen molar-refractivity contribution in [2.24, 2.45) is 10.7 Å². The van der Waals surface area contributed by atoms with Gasteiger partial charge in [-0.25, -0.2) is 0 Å². The Labute approximate surface area is 42.7 Å². The van der Waals surface area contributed by atoms with Gasteiger partial charge in [0.15, 0.2) is 0 Å². The molecule has 0 amide bonds. The van der Waals surface area contributed by atoms with Crippen molar-refractivity contribution in [1.29, 1.82) is 0 Å². The quantitative estimate of drug-likeness (QED) is 0.472. The normalized spacial score (nSPS) is 19.1. The van der Waals surface area contributed by atoms with Gasteiger partial charge in [0.1, 0.15) is 0 Å². The summed E-state index contributed by atoms with van der Waals surface area (Å²) in [5.74, 6) is 0. The van der Waals surface area contributed by atoms with Crippen LogP contribution in [-0.4, -0.2) is 6.21 Å². The zero-order chi connectivity index (χ0) is 5.11. The molecule has 0 aliphatic carbocycles. The highest BCUT2D eigenvalue weighted by Gasteiger charge is 1.90. The first-order valence-corrected chi connectivity index (χ1v) is 2.36. The van der Waals surface area contributed by atoms with Crippen LogP contribution in [0.1, 0.15) is 12.8 Å². The molecule has 1 heterocycles. The van der Waals surface area contributed by atoms with E-state index in [2.05, 4.69) is 4.99 Å². The number of aliphatic imine (C=N–C) groups is 1. The van der Waals surface area contributed by atoms with Gasteiger partial charge in [-0.3, -0.25) is 4.99 Å². The first kappa shape index (κ1) is 4.37. The van der Waals surface area contributed by atoms with Crippen LogP contribution in [0.4, 0.5) is 0 Å². The smallest absolute Gasteiger partial charge is 0.0451 e. The summed E-state index contributed by atoms with van der Waals surface area (Å²) < 4.78 is 0. The molecular formula is C5H8N2. The van der Waals surface area contributed by atoms with E-state index in [9.17, 15) is 0 Å². The summed E-state index contributed by atoms with van der Waals surface area (Å²) in [5.41, 5.74) is 6.27. The average molecular weight is 96.1 g/mol. The third-order valence-electron chi connectivity index (χ3n) is 0.908. The molecular weight excluding hydrogens is 88.1 g/mol. The Morgan fingerprint density at radius 1 is 1.71 bits per heavy atom. The SMILES string of the molecule is NC1=CN=CCC1. The molecule has 0 atom stereocenters. The lowest BCUT2D eigenvalue weighted by atomic mass is 10.2. The maximum atomic E-state index is 5.38. The fraction of sp³-hybridized carbons (Fsp3) is 0.400. The van der Waals surface area contributed by atoms with E-state index in [0.717, 1.165) is 18.5 Å². The summed E-state index contributed by atoms with van der Waals surface area (Å²) in [7, 11) is 0. The van der Waals surface area contributed by atoms with E-state index in [0.29, 0.717) is 0 Å². The minimum Gasteiger partial charge on any atom is -0.401 e. The Balaban J connectivity index is 2.57. The van der Waals surface area contributed by atoms with E-state index in [1.54, 1.807) is 6.20 Å². The van der Waals surface area contributed by atoms with Gasteiger partial charge in [0.2, 0.25) is 0 Å². The highest BCUT2D eigenvalue weighted by molar-refractivity contribution is 5.59. The molecule has 7 heavy (non-hydrogen) atoms. The largest absolute Gasteiger partial charge is 0.401 e. The lowest BCUT2D eigenvalue weighted by Gasteiger charge is -1.98. The second-order valence-corrected chi connectivity index (χ2v) is 1.57. The first-order chi connectivity index (χ1) is 3.39. The summed E-state index contributed by atoms with van der Waals surface area (Å²) in [6.07, 6.45) is 5.55. The molecule has 0 spiro atoms. The predicted molar refractivity (Wildman–Crippen MR) is 30.0 cm³/mol. The highest BCUT2D eigenvalue weighted by atomic mass is 14.7. The number of nitrogens with two attached hydrogens (primary N) is 1. The molecule has 2 N–H and O–H groups in total. The van der Waals surface area contributed by atoms with Crippen LogP contribution in [-0.2, 0) is 0 Å². The fourth-order valence-corrected chi connectivity index (χ4v) is 0.519. The van der Waals surface area contributed by atoms with E-state index in [1.165, 1.54) is 0 Å². The standard InChI is InChI=1S/C5H8N2/c6-5-2-1-3-7-4-5/h3-4H,1-2,6H2. The van der Waals surface area contributed by atoms with Crippen LogP contribution in [0.5, 0.6) is 0 Å². The Morgan fingerprint density at radius 3 is 2.86 bits per heavy atom. The van der Waals surface area contributed by atoms with Crippen LogP contribution in [0, 0.1) is 0 Å². The number of nitrogens with zero attached hydrogens (tertiary/aromatic N) is 1. The van der Waals surface area contributed by atoms with Crippen molar-refractivity contribution in [3.05, 3.63) is 11.9 Å². The van der Waals surface area contributed by atoms with E-state index in [4.69, 9.17) is 5.73 Å². The van der Waals surface area contributed by atoms with Crippen LogP contribution in [0.25, 0.3) is 0 Å². The fourth-order valence-electron chi connectivity index (χ4n) is 0.519. The zero-order valence-electron chi connectivity index (χ0n) is 4.09. The molecule has 0 aromatic heterocycles. The van der Waals surface area contributed by atoms with Gasteiger partial charge in [-0.2, -0.15) is 0 Å². The van der Waals surface area contributed by atoms with Gasteiger partial charge < -0.3 is 5.73 Å². The maximum Gasteiger partial charge on any atom is 0.0451 e. The van der Waals surface area contributed by atoms with Gasteiger partial charge >= 0.3 is 0 Å². The molecule has 0 aromatic rings. The molecule has 1 aliphatic rings. The van der Waals surface area contributed by atoms with Gasteiger partial charge in [0.05, 0.1) is 0 Å². The van der Waals surface area contributed by atoms with E-state index in [-0.39, 0.29) is 0 Å². The van der Waals surface area contributed by atoms with E-state index < -0.39 is 0 Å². The first-order valence-electron chi connectivity index (χ1n) is 2.36. The molecule has 0 bridgehead atoms. The molecule has 2 heteroatoms. The van der Waals surface area contributed by atoms with Gasteiger partial charge in [-0.15, -0.1) is 0 Å². The number of rotatable bonds is 0. The monoisotopic (exact) mass is 96.1 g/mol. The molecule has 0 aromatic carbocycles. The molecule has 0 fully saturated rings. The van der Waals surface area contributed by atoms with E-state index >= 15 is 0 Å². The van der Waals surface area contributed by atoms with Crippen LogP contribution >= 0.6 is 0 Å². The van der Waals surface area contributed by atoms with E-state index in [1.807, 2.05) is 6.21 Å². The van der Waals surface area contributed by atoms with Crippen molar-refractivity contribution < 1.29 is 0 Å². The minimum atomic E-state index is 0.891. The molecule has 0 saturated heterocycles. The lowest BCUT2D eigenvalue weighted by Crippen LogP contribution is -1.99. The average Bonchev–Trinajstić information content (AvgIpc) is 1.69. The predicted octanol–water partition coefficient (Wildman–Crippen LogP) is 0.651. The highest BCUT2D eigenvalue weighted by Crippen LogP contribution is 2.00. The molecule has 0 unspecified atom stereocenters. The topological polar surface area (TPSA) is 38.4 Å². The van der Waals surface area contributed by atoms with Crippen LogP contribution in [0.15, 0.2) is 16.9 Å². The van der Waals surface area contributed by atoms with Crippen molar-refractivity contribution in [2.75, 3.05) is 0 Å². The Morgan fingerprint density at radius 2 is 2.57 bits per heavy atom. The molecule has 38 valence electrons. The van der Waals surface area contributed by atoms with Crippen molar-refractivity contribution in [3.8, 4) is 0 Å². The number of hydrogen-bond acceptors (Lipinski definition) is 2. The molecule has 1 rings (SSSR count). The van der Waals surface area contributed by atoms with Gasteiger partial charge in [0, 0.05) is 18.1 Å². The van der Waals surface area contributed by atoms with Crippen molar-refractivity contribution >= 4 is 6.21 Å². The van der Waals surface area contributed by atoms with Crippen molar-refractivity contribution in [2.45, 2.75) is 12.8 Å². The second-order valence-electron chi connectivity index (χ2n) is 1.57. The van der Waals surface area contributed by atoms with Crippen LogP contribution in [0.3, 0.4) is 0 Å². The van der Waals surface area contributed by atoms with Gasteiger partial charge in [-0.05, 0) is 12.8 Å². The van der Waals surface area contributed by atoms with Crippen molar-refractivity contribution in [1.82, 2.24) is 0 Å². The number of hydrogen-bond donors (Lipinski definition) is 1. The summed E-state index contributed by atoms with van der Waals surface area (Å²) in [6, 6.07) is 0. The molecule has 1 aliphatic heterocycles. The van der Waals surface area contributed by atoms with Crippen LogP contribution in [0.2, 0.25) is 0 Å². The zero-order valence-corrected chi connectivity index (χ0v) is 4.09. The molecule has 2 nitrogen and oxygen atoms in total. The van der Waals surface area contributed by atoms with Crippen molar-refractivity contribution in [3.63, 3.8) is 0 Å². The summed E-state index contributed by atoms with van der Waals surface area (Å²) in [4.78, 5) is 3.85. The lowest BCUT2D eigenvalue weighted by molar-refractivity contribution is 0.973. The molecule has 0 radical (unpaired) electrons. The summed E-state index contributed by atoms with van der Waals surface area (Å²) in [5, 5.41) is 0. The minimum absolute atomic E-state index is 0.891. The van der Waals surface area contributed by atoms with Crippen LogP contribution < -0.4 is 5.73 Å². The number of allylic oxidation sites excluding steroid dienone is 1. The summed E-state index contributed by atoms with van der Waals surface area (Å²) >= 11 is 0. The Hall–Kier alpha value is -0.790. The molecule has 0 saturated carbocycles. The Bertz CT molecular complexity index is 113. The Kier molecular flexibility index (Phi) is 1.11. The van der Waals surface area contributed by atoms with Gasteiger partial charge in [-0.1, -0.05) is 0 Å². The summed E-state index contributed by atoms with van der Waals surface area (Å²) in [6.45, 7) is 0. The third kappa shape index (κ3) is 1.03. The van der Waals surface area contributed by atoms with Gasteiger partial charge in [0.25, 0.3) is 0 Å². The maximum absolute atomic E-state index is 5.38. The second kappa shape index (κ2) is 1.78.